The van der Waals surface area contributed by atoms with Gasteiger partial charge in [-0.2, -0.15) is 5.26 Å². The number of fused-ring (bicyclic) bond motifs is 12. The average Bonchev–Trinajstić information content (AvgIpc) is 3.42. The molecule has 4 aromatic carbocycles. The summed E-state index contributed by atoms with van der Waals surface area (Å²) in [5, 5.41) is 15.9. The zero-order valence-electron chi connectivity index (χ0n) is 23.8. The standard InChI is InChI=1S/C35H25FN4O2/c1-17-14-25-27(20-10-6-8-12-23(20)39(25)4)29-30-28-21-11-7-9-13-24(21)40(5)26(28)15-18(2)33(30)42-35-34(41-32(17)29)22(16-37)31(36)19(3)38-35/h6-15H,1-5H3. The van der Waals surface area contributed by atoms with Crippen LogP contribution < -0.4 is 0 Å². The highest BCUT2D eigenvalue weighted by Gasteiger charge is 2.24. The maximum Gasteiger partial charge on any atom is 0.265 e. The first-order valence-corrected chi connectivity index (χ1v) is 13.8. The second kappa shape index (κ2) is 8.34. The molecule has 0 aliphatic rings. The molecular formula is C35H25FN4O2. The Balaban J connectivity index is 1.86. The van der Waals surface area contributed by atoms with Crippen molar-refractivity contribution in [3.8, 4) is 6.07 Å². The van der Waals surface area contributed by atoms with Gasteiger partial charge in [0.05, 0.1) is 5.69 Å². The third kappa shape index (κ3) is 2.98. The summed E-state index contributed by atoms with van der Waals surface area (Å²) in [5.74, 6) is -0.715. The lowest BCUT2D eigenvalue weighted by atomic mass is 9.97. The predicted octanol–water partition coefficient (Wildman–Crippen LogP) is 9.08. The summed E-state index contributed by atoms with van der Waals surface area (Å²) in [6, 6.07) is 22.8. The average molecular weight is 553 g/mol. The van der Waals surface area contributed by atoms with Crippen LogP contribution in [0.5, 0.6) is 0 Å². The summed E-state index contributed by atoms with van der Waals surface area (Å²) in [6.45, 7) is 5.52. The highest BCUT2D eigenvalue weighted by atomic mass is 19.1. The van der Waals surface area contributed by atoms with Crippen molar-refractivity contribution >= 4 is 76.8 Å². The van der Waals surface area contributed by atoms with Crippen molar-refractivity contribution in [1.29, 1.82) is 5.26 Å². The Morgan fingerprint density at radius 2 is 1.19 bits per heavy atom. The monoisotopic (exact) mass is 552 g/mol. The third-order valence-corrected chi connectivity index (χ3v) is 8.67. The molecule has 0 amide bonds. The predicted molar refractivity (Wildman–Crippen MR) is 166 cm³/mol. The maximum absolute atomic E-state index is 15.3. The minimum absolute atomic E-state index is 0.0207. The van der Waals surface area contributed by atoms with E-state index in [1.165, 1.54) is 6.92 Å². The van der Waals surface area contributed by atoms with Crippen molar-refractivity contribution in [2.24, 2.45) is 14.1 Å². The van der Waals surface area contributed by atoms with Crippen molar-refractivity contribution < 1.29 is 13.2 Å². The Labute approximate surface area is 239 Å². The van der Waals surface area contributed by atoms with Crippen LogP contribution in [0.15, 0.2) is 69.5 Å². The smallest absolute Gasteiger partial charge is 0.265 e. The molecule has 8 aromatic rings. The van der Waals surface area contributed by atoms with Crippen LogP contribution in [0.4, 0.5) is 4.39 Å². The highest BCUT2D eigenvalue weighted by molar-refractivity contribution is 6.34. The molecule has 0 radical (unpaired) electrons. The largest absolute Gasteiger partial charge is 0.449 e. The van der Waals surface area contributed by atoms with E-state index in [0.29, 0.717) is 11.2 Å². The van der Waals surface area contributed by atoms with Gasteiger partial charge in [0.2, 0.25) is 5.58 Å². The van der Waals surface area contributed by atoms with E-state index in [4.69, 9.17) is 8.83 Å². The summed E-state index contributed by atoms with van der Waals surface area (Å²) < 4.78 is 33.0. The van der Waals surface area contributed by atoms with Crippen LogP contribution in [0.25, 0.3) is 76.8 Å². The summed E-state index contributed by atoms with van der Waals surface area (Å²) in [6.07, 6.45) is 0. The molecule has 0 aliphatic heterocycles. The van der Waals surface area contributed by atoms with Crippen molar-refractivity contribution in [3.05, 3.63) is 88.9 Å². The molecule has 0 saturated carbocycles. The fourth-order valence-corrected chi connectivity index (χ4v) is 6.69. The van der Waals surface area contributed by atoms with Gasteiger partial charge < -0.3 is 18.0 Å². The van der Waals surface area contributed by atoms with Crippen LogP contribution in [0.2, 0.25) is 0 Å². The second-order valence-electron chi connectivity index (χ2n) is 11.1. The normalized spacial score (nSPS) is 12.0. The number of aromatic nitrogens is 3. The number of nitrogens with zero attached hydrogens (tertiary/aromatic N) is 4. The number of hydrogen-bond acceptors (Lipinski definition) is 4. The number of hydrogen-bond donors (Lipinski definition) is 0. The fourth-order valence-electron chi connectivity index (χ4n) is 6.69. The maximum atomic E-state index is 15.3. The first-order valence-electron chi connectivity index (χ1n) is 13.8. The molecule has 4 aromatic heterocycles. The van der Waals surface area contributed by atoms with Crippen molar-refractivity contribution in [2.45, 2.75) is 20.8 Å². The van der Waals surface area contributed by atoms with Gasteiger partial charge in [0.25, 0.3) is 5.71 Å². The van der Waals surface area contributed by atoms with Gasteiger partial charge >= 0.3 is 0 Å². The highest BCUT2D eigenvalue weighted by Crippen LogP contribution is 2.45. The molecule has 4 heterocycles. The Hall–Kier alpha value is -5.35. The first-order chi connectivity index (χ1) is 20.3. The van der Waals surface area contributed by atoms with Gasteiger partial charge in [-0.25, -0.2) is 9.37 Å². The molecular weight excluding hydrogens is 527 g/mol. The van der Waals surface area contributed by atoms with E-state index >= 15 is 4.39 Å². The minimum Gasteiger partial charge on any atom is -0.449 e. The Morgan fingerprint density at radius 3 is 1.71 bits per heavy atom. The molecule has 7 heteroatoms. The van der Waals surface area contributed by atoms with E-state index in [0.717, 1.165) is 65.5 Å². The summed E-state index contributed by atoms with van der Waals surface area (Å²) >= 11 is 0. The topological polar surface area (TPSA) is 72.8 Å². The zero-order valence-corrected chi connectivity index (χ0v) is 23.8. The van der Waals surface area contributed by atoms with Crippen LogP contribution >= 0.6 is 0 Å². The molecule has 6 nitrogen and oxygen atoms in total. The van der Waals surface area contributed by atoms with E-state index in [-0.39, 0.29) is 22.6 Å². The van der Waals surface area contributed by atoms with Crippen LogP contribution in [0.3, 0.4) is 0 Å². The van der Waals surface area contributed by atoms with Gasteiger partial charge in [-0.05, 0) is 56.2 Å². The van der Waals surface area contributed by atoms with Crippen LogP contribution in [0, 0.1) is 37.9 Å². The van der Waals surface area contributed by atoms with E-state index in [1.54, 1.807) is 0 Å². The van der Waals surface area contributed by atoms with Crippen molar-refractivity contribution in [2.75, 3.05) is 0 Å². The molecule has 42 heavy (non-hydrogen) atoms. The van der Waals surface area contributed by atoms with Crippen molar-refractivity contribution in [1.82, 2.24) is 14.1 Å². The lowest BCUT2D eigenvalue weighted by Crippen LogP contribution is -1.96. The van der Waals surface area contributed by atoms with E-state index in [9.17, 15) is 5.26 Å². The fraction of sp³-hybridized carbons (Fsp3) is 0.143. The third-order valence-electron chi connectivity index (χ3n) is 8.67. The van der Waals surface area contributed by atoms with Crippen LogP contribution in [-0.4, -0.2) is 14.1 Å². The molecule has 0 N–H and O–H groups in total. The van der Waals surface area contributed by atoms with Gasteiger partial charge in [0, 0.05) is 68.5 Å². The Bertz CT molecular complexity index is 2600. The van der Waals surface area contributed by atoms with E-state index < -0.39 is 5.82 Å². The van der Waals surface area contributed by atoms with Crippen molar-refractivity contribution in [3.63, 3.8) is 0 Å². The zero-order chi connectivity index (χ0) is 29.0. The number of rotatable bonds is 0. The molecule has 0 aliphatic carbocycles. The Kier molecular flexibility index (Phi) is 4.85. The molecule has 0 unspecified atom stereocenters. The lowest BCUT2D eigenvalue weighted by Gasteiger charge is -2.12. The lowest BCUT2D eigenvalue weighted by molar-refractivity contribution is 0.571. The number of aryl methyl sites for hydroxylation is 5. The quantitative estimate of drug-likeness (QED) is 0.188. The van der Waals surface area contributed by atoms with Crippen LogP contribution in [-0.2, 0) is 14.1 Å². The molecule has 0 atom stereocenters. The number of pyridine rings is 1. The van der Waals surface area contributed by atoms with Gasteiger partial charge in [-0.1, -0.05) is 36.4 Å². The van der Waals surface area contributed by atoms with Gasteiger partial charge in [0.1, 0.15) is 22.8 Å². The molecule has 0 fully saturated rings. The summed E-state index contributed by atoms with van der Waals surface area (Å²) in [4.78, 5) is 4.45. The van der Waals surface area contributed by atoms with Gasteiger partial charge in [-0.3, -0.25) is 0 Å². The number of para-hydroxylation sites is 2. The van der Waals surface area contributed by atoms with Gasteiger partial charge in [0.15, 0.2) is 5.82 Å². The molecule has 204 valence electrons. The van der Waals surface area contributed by atoms with E-state index in [2.05, 4.69) is 64.6 Å². The SMILES string of the molecule is Cc1nc2oc3c(C)cc4c(c5ccccc5n4C)c3c3c(oc2c(C#N)c1F)c(C)cc1c3c2ccccc2n1C. The molecule has 0 saturated heterocycles. The van der Waals surface area contributed by atoms with Crippen LogP contribution in [0.1, 0.15) is 22.4 Å². The number of nitriles is 1. The summed E-state index contributed by atoms with van der Waals surface area (Å²) in [7, 11) is 4.14. The van der Waals surface area contributed by atoms with E-state index in [1.807, 2.05) is 44.2 Å². The Morgan fingerprint density at radius 1 is 0.690 bits per heavy atom. The molecule has 0 spiro atoms. The second-order valence-corrected chi connectivity index (χ2v) is 11.1. The van der Waals surface area contributed by atoms with Gasteiger partial charge in [-0.15, -0.1) is 0 Å². The molecule has 0 bridgehead atoms. The first kappa shape index (κ1) is 24.4. The molecule has 8 rings (SSSR count). The minimum atomic E-state index is -0.715. The number of benzene rings is 4. The number of halogens is 1. The summed E-state index contributed by atoms with van der Waals surface area (Å²) in [5.41, 5.74) is 7.03.